The highest BCUT2D eigenvalue weighted by Crippen LogP contribution is 2.33. The van der Waals surface area contributed by atoms with Crippen molar-refractivity contribution >= 4 is 17.2 Å². The number of aromatic nitrogens is 2. The molecule has 0 bridgehead atoms. The molecule has 0 fully saturated rings. The van der Waals surface area contributed by atoms with Crippen LogP contribution in [0, 0.1) is 5.92 Å². The molecule has 0 amide bonds. The van der Waals surface area contributed by atoms with Gasteiger partial charge < -0.3 is 0 Å². The molecule has 1 aromatic heterocycles. The molecule has 1 aromatic rings. The Morgan fingerprint density at radius 2 is 2.06 bits per heavy atom. The smallest absolute Gasteiger partial charge is 0.218 e. The van der Waals surface area contributed by atoms with Crippen LogP contribution in [-0.4, -0.2) is 9.97 Å². The fourth-order valence-corrected chi connectivity index (χ4v) is 2.11. The van der Waals surface area contributed by atoms with Gasteiger partial charge in [0, 0.05) is 0 Å². The molecule has 2 nitrogen and oxygen atoms in total. The van der Waals surface area contributed by atoms with Gasteiger partial charge in [0.25, 0.3) is 0 Å². The number of rotatable bonds is 1. The summed E-state index contributed by atoms with van der Waals surface area (Å²) in [6.07, 6.45) is -0.0181. The van der Waals surface area contributed by atoms with Crippen molar-refractivity contribution in [3.63, 3.8) is 0 Å². The monoisotopic (exact) mass is 276 g/mol. The molecule has 1 heterocycles. The second-order valence-corrected chi connectivity index (χ2v) is 4.85. The molecule has 1 unspecified atom stereocenters. The lowest BCUT2D eigenvalue weighted by molar-refractivity contribution is -0.141. The fraction of sp³-hybridized carbons (Fsp3) is 0.500. The van der Waals surface area contributed by atoms with E-state index >= 15 is 0 Å². The average Bonchev–Trinajstić information content (AvgIpc) is 2.28. The van der Waals surface area contributed by atoms with Gasteiger partial charge in [0.2, 0.25) is 5.28 Å². The Bertz CT molecular complexity index is 483. The third-order valence-corrected chi connectivity index (χ3v) is 3.16. The number of allylic oxidation sites excluding steroid dienone is 2. The molecule has 0 spiro atoms. The van der Waals surface area contributed by atoms with Gasteiger partial charge >= 0.3 is 6.18 Å². The van der Waals surface area contributed by atoms with E-state index in [0.29, 0.717) is 5.92 Å². The minimum atomic E-state index is -4.50. The molecule has 6 heteroatoms. The Morgan fingerprint density at radius 3 is 2.61 bits per heavy atom. The molecule has 0 saturated carbocycles. The highest BCUT2D eigenvalue weighted by Gasteiger charge is 2.33. The van der Waals surface area contributed by atoms with Crippen LogP contribution in [0.1, 0.15) is 37.6 Å². The minimum absolute atomic E-state index is 0.286. The van der Waals surface area contributed by atoms with Crippen LogP contribution in [0.3, 0.4) is 0 Å². The summed E-state index contributed by atoms with van der Waals surface area (Å²) in [4.78, 5) is 7.10. The lowest BCUT2D eigenvalue weighted by Gasteiger charge is -2.18. The van der Waals surface area contributed by atoms with Crippen molar-refractivity contribution in [2.75, 3.05) is 0 Å². The van der Waals surface area contributed by atoms with Gasteiger partial charge in [-0.1, -0.05) is 13.0 Å². The quantitative estimate of drug-likeness (QED) is 0.713. The zero-order valence-corrected chi connectivity index (χ0v) is 10.5. The van der Waals surface area contributed by atoms with Gasteiger partial charge in [0.05, 0.1) is 5.69 Å². The molecule has 1 aliphatic carbocycles. The largest absolute Gasteiger partial charge is 0.433 e. The molecule has 0 radical (unpaired) electrons. The summed E-state index contributed by atoms with van der Waals surface area (Å²) in [7, 11) is 0. The number of hydrogen-bond acceptors (Lipinski definition) is 2. The van der Waals surface area contributed by atoms with E-state index < -0.39 is 11.9 Å². The van der Waals surface area contributed by atoms with E-state index in [1.165, 1.54) is 0 Å². The van der Waals surface area contributed by atoms with Crippen LogP contribution in [-0.2, 0) is 6.18 Å². The van der Waals surface area contributed by atoms with Crippen molar-refractivity contribution in [2.24, 2.45) is 5.92 Å². The molecular weight excluding hydrogens is 265 g/mol. The average molecular weight is 277 g/mol. The normalized spacial score (nSPS) is 20.7. The van der Waals surface area contributed by atoms with Crippen molar-refractivity contribution in [1.82, 2.24) is 9.97 Å². The Balaban J connectivity index is 2.37. The van der Waals surface area contributed by atoms with Crippen LogP contribution < -0.4 is 0 Å². The Hall–Kier alpha value is -1.10. The third kappa shape index (κ3) is 3.02. The molecule has 1 atom stereocenters. The Labute approximate surface area is 108 Å². The Morgan fingerprint density at radius 1 is 1.33 bits per heavy atom. The van der Waals surface area contributed by atoms with Crippen molar-refractivity contribution in [3.05, 3.63) is 28.8 Å². The zero-order chi connectivity index (χ0) is 13.3. The van der Waals surface area contributed by atoms with Crippen LogP contribution >= 0.6 is 11.6 Å². The zero-order valence-electron chi connectivity index (χ0n) is 9.76. The van der Waals surface area contributed by atoms with E-state index in [0.717, 1.165) is 30.9 Å². The second kappa shape index (κ2) is 4.88. The van der Waals surface area contributed by atoms with E-state index in [1.807, 2.05) is 6.08 Å². The number of nitrogens with zero attached hydrogens (tertiary/aromatic N) is 2. The highest BCUT2D eigenvalue weighted by molar-refractivity contribution is 6.28. The molecule has 98 valence electrons. The first-order chi connectivity index (χ1) is 8.36. The van der Waals surface area contributed by atoms with Gasteiger partial charge in [-0.05, 0) is 48.4 Å². The van der Waals surface area contributed by atoms with Gasteiger partial charge in [0.15, 0.2) is 0 Å². The third-order valence-electron chi connectivity index (χ3n) is 2.99. The van der Waals surface area contributed by atoms with Gasteiger partial charge in [-0.2, -0.15) is 13.2 Å². The van der Waals surface area contributed by atoms with E-state index in [9.17, 15) is 13.2 Å². The molecule has 0 saturated heterocycles. The number of hydrogen-bond donors (Lipinski definition) is 0. The van der Waals surface area contributed by atoms with Crippen LogP contribution in [0.2, 0.25) is 5.28 Å². The summed E-state index contributed by atoms with van der Waals surface area (Å²) < 4.78 is 37.8. The van der Waals surface area contributed by atoms with Gasteiger partial charge in [-0.3, -0.25) is 0 Å². The van der Waals surface area contributed by atoms with Crippen LogP contribution in [0.15, 0.2) is 12.1 Å². The predicted octanol–water partition coefficient (Wildman–Crippen LogP) is 4.35. The van der Waals surface area contributed by atoms with E-state index in [2.05, 4.69) is 16.9 Å². The lowest BCUT2D eigenvalue weighted by Crippen LogP contribution is -2.11. The van der Waals surface area contributed by atoms with Crippen LogP contribution in [0.4, 0.5) is 13.2 Å². The first-order valence-corrected chi connectivity index (χ1v) is 6.05. The van der Waals surface area contributed by atoms with E-state index in [4.69, 9.17) is 11.6 Å². The summed E-state index contributed by atoms with van der Waals surface area (Å²) in [6.45, 7) is 2.11. The first kappa shape index (κ1) is 13.3. The van der Waals surface area contributed by atoms with Crippen LogP contribution in [0.5, 0.6) is 0 Å². The first-order valence-electron chi connectivity index (χ1n) is 5.67. The number of halogens is 4. The number of alkyl halides is 3. The van der Waals surface area contributed by atoms with Crippen molar-refractivity contribution in [3.8, 4) is 0 Å². The van der Waals surface area contributed by atoms with Gasteiger partial charge in [-0.25, -0.2) is 9.97 Å². The molecule has 1 aliphatic rings. The maximum atomic E-state index is 12.6. The summed E-state index contributed by atoms with van der Waals surface area (Å²) in [5, 5.41) is -0.362. The van der Waals surface area contributed by atoms with E-state index in [-0.39, 0.29) is 11.0 Å². The lowest BCUT2D eigenvalue weighted by atomic mass is 9.89. The van der Waals surface area contributed by atoms with Crippen molar-refractivity contribution < 1.29 is 13.2 Å². The van der Waals surface area contributed by atoms with Crippen LogP contribution in [0.25, 0.3) is 5.57 Å². The van der Waals surface area contributed by atoms with E-state index in [1.54, 1.807) is 0 Å². The maximum Gasteiger partial charge on any atom is 0.433 e. The predicted molar refractivity (Wildman–Crippen MR) is 63.0 cm³/mol. The molecule has 0 aliphatic heterocycles. The summed E-state index contributed by atoms with van der Waals surface area (Å²) >= 11 is 5.55. The molecule has 0 N–H and O–H groups in total. The molecule has 18 heavy (non-hydrogen) atoms. The standard InChI is InChI=1S/C12H12ClF3N2/c1-7-2-4-8(5-3-7)9-6-10(12(14,15)16)18-11(13)17-9/h4,6-7H,2-3,5H2,1H3. The molecule has 2 rings (SSSR count). The van der Waals surface area contributed by atoms with Gasteiger partial charge in [0.1, 0.15) is 5.69 Å². The Kier molecular flexibility index (Phi) is 3.61. The summed E-state index contributed by atoms with van der Waals surface area (Å²) in [6, 6.07) is 0.966. The summed E-state index contributed by atoms with van der Waals surface area (Å²) in [5.74, 6) is 0.563. The minimum Gasteiger partial charge on any atom is -0.218 e. The highest BCUT2D eigenvalue weighted by atomic mass is 35.5. The SMILES string of the molecule is CC1CC=C(c2cc(C(F)(F)F)nc(Cl)n2)CC1. The molecule has 0 aromatic carbocycles. The topological polar surface area (TPSA) is 25.8 Å². The van der Waals surface area contributed by atoms with Gasteiger partial charge in [-0.15, -0.1) is 0 Å². The molecular formula is C12H12ClF3N2. The van der Waals surface area contributed by atoms with Crippen molar-refractivity contribution in [1.29, 1.82) is 0 Å². The van der Waals surface area contributed by atoms with Crippen molar-refractivity contribution in [2.45, 2.75) is 32.4 Å². The maximum absolute atomic E-state index is 12.6. The fourth-order valence-electron chi connectivity index (χ4n) is 1.93. The summed E-state index contributed by atoms with van der Waals surface area (Å²) in [5.41, 5.74) is 0.120. The second-order valence-electron chi connectivity index (χ2n) is 4.51.